The molecule has 3 nitrogen and oxygen atoms in total. The second-order valence-corrected chi connectivity index (χ2v) is 4.95. The summed E-state index contributed by atoms with van der Waals surface area (Å²) in [5.41, 5.74) is 0.805. The van der Waals surface area contributed by atoms with Crippen LogP contribution in [0.5, 0.6) is 0 Å². The standard InChI is InChI=1S/C12H11Cl2N3/c13-8-3-4-9-10(7-8)15-12(14)16-11(9)17-5-1-2-6-17/h3-4,7H,1-2,5-6H2. The minimum Gasteiger partial charge on any atom is -0.356 e. The van der Waals surface area contributed by atoms with Crippen molar-refractivity contribution >= 4 is 39.9 Å². The molecule has 1 aliphatic heterocycles. The quantitative estimate of drug-likeness (QED) is 0.741. The molecule has 0 amide bonds. The number of aromatic nitrogens is 2. The van der Waals surface area contributed by atoms with Crippen LogP contribution in [0.4, 0.5) is 5.82 Å². The summed E-state index contributed by atoms with van der Waals surface area (Å²) in [5.74, 6) is 0.925. The maximum atomic E-state index is 5.97. The molecule has 1 fully saturated rings. The van der Waals surface area contributed by atoms with Crippen molar-refractivity contribution in [2.24, 2.45) is 0 Å². The van der Waals surface area contributed by atoms with Gasteiger partial charge in [-0.15, -0.1) is 0 Å². The van der Waals surface area contributed by atoms with Crippen LogP contribution < -0.4 is 4.90 Å². The number of hydrogen-bond donors (Lipinski definition) is 0. The van der Waals surface area contributed by atoms with Crippen molar-refractivity contribution < 1.29 is 0 Å². The molecule has 2 heterocycles. The highest BCUT2D eigenvalue weighted by molar-refractivity contribution is 6.31. The van der Waals surface area contributed by atoms with Gasteiger partial charge in [0.25, 0.3) is 0 Å². The molecule has 1 aliphatic rings. The predicted molar refractivity (Wildman–Crippen MR) is 71.0 cm³/mol. The Kier molecular flexibility index (Phi) is 2.81. The fourth-order valence-corrected chi connectivity index (χ4v) is 2.57. The Morgan fingerprint density at radius 3 is 2.59 bits per heavy atom. The molecule has 0 spiro atoms. The van der Waals surface area contributed by atoms with Crippen LogP contribution in [0.25, 0.3) is 10.9 Å². The highest BCUT2D eigenvalue weighted by Crippen LogP contribution is 2.29. The first-order valence-corrected chi connectivity index (χ1v) is 6.37. The Morgan fingerprint density at radius 1 is 1.06 bits per heavy atom. The molecule has 5 heteroatoms. The average Bonchev–Trinajstić information content (AvgIpc) is 2.80. The van der Waals surface area contributed by atoms with E-state index >= 15 is 0 Å². The number of benzene rings is 1. The minimum atomic E-state index is 0.279. The van der Waals surface area contributed by atoms with E-state index in [-0.39, 0.29) is 5.28 Å². The summed E-state index contributed by atoms with van der Waals surface area (Å²) < 4.78 is 0. The summed E-state index contributed by atoms with van der Waals surface area (Å²) in [5, 5.41) is 1.96. The van der Waals surface area contributed by atoms with Crippen LogP contribution in [0.2, 0.25) is 10.3 Å². The fraction of sp³-hybridized carbons (Fsp3) is 0.333. The molecule has 1 saturated heterocycles. The summed E-state index contributed by atoms with van der Waals surface area (Å²) in [7, 11) is 0. The zero-order chi connectivity index (χ0) is 11.8. The van der Waals surface area contributed by atoms with Gasteiger partial charge in [-0.05, 0) is 42.6 Å². The molecule has 1 aromatic carbocycles. The maximum absolute atomic E-state index is 5.97. The Hall–Kier alpha value is -1.06. The second-order valence-electron chi connectivity index (χ2n) is 4.17. The van der Waals surface area contributed by atoms with Crippen LogP contribution in [0.1, 0.15) is 12.8 Å². The third-order valence-corrected chi connectivity index (χ3v) is 3.42. The van der Waals surface area contributed by atoms with Crippen LogP contribution in [0.15, 0.2) is 18.2 Å². The van der Waals surface area contributed by atoms with E-state index in [1.54, 1.807) is 0 Å². The summed E-state index contributed by atoms with van der Waals surface area (Å²) in [6.07, 6.45) is 2.41. The van der Waals surface area contributed by atoms with Gasteiger partial charge in [0, 0.05) is 23.5 Å². The molecule has 0 saturated carbocycles. The molecular formula is C12H11Cl2N3. The number of hydrogen-bond acceptors (Lipinski definition) is 3. The highest BCUT2D eigenvalue weighted by atomic mass is 35.5. The molecule has 3 rings (SSSR count). The van der Waals surface area contributed by atoms with Crippen molar-refractivity contribution in [1.82, 2.24) is 9.97 Å². The molecule has 1 aromatic heterocycles. The molecule has 17 heavy (non-hydrogen) atoms. The van der Waals surface area contributed by atoms with Gasteiger partial charge in [0.1, 0.15) is 5.82 Å². The Balaban J connectivity index is 2.21. The van der Waals surface area contributed by atoms with Crippen LogP contribution in [-0.2, 0) is 0 Å². The zero-order valence-corrected chi connectivity index (χ0v) is 10.7. The smallest absolute Gasteiger partial charge is 0.224 e. The van der Waals surface area contributed by atoms with Crippen molar-refractivity contribution in [2.45, 2.75) is 12.8 Å². The normalized spacial score (nSPS) is 15.8. The lowest BCUT2D eigenvalue weighted by Crippen LogP contribution is -2.19. The third kappa shape index (κ3) is 2.05. The van der Waals surface area contributed by atoms with E-state index < -0.39 is 0 Å². The van der Waals surface area contributed by atoms with E-state index in [4.69, 9.17) is 23.2 Å². The number of halogens is 2. The summed E-state index contributed by atoms with van der Waals surface area (Å²) in [4.78, 5) is 10.8. The van der Waals surface area contributed by atoms with Crippen LogP contribution >= 0.6 is 23.2 Å². The Bertz CT molecular complexity index is 560. The fourth-order valence-electron chi connectivity index (χ4n) is 2.23. The molecule has 88 valence electrons. The molecule has 0 bridgehead atoms. The van der Waals surface area contributed by atoms with E-state index in [1.165, 1.54) is 12.8 Å². The minimum absolute atomic E-state index is 0.279. The number of anilines is 1. The molecule has 0 aliphatic carbocycles. The van der Waals surface area contributed by atoms with E-state index in [9.17, 15) is 0 Å². The summed E-state index contributed by atoms with van der Waals surface area (Å²) in [6.45, 7) is 2.07. The van der Waals surface area contributed by atoms with E-state index in [0.29, 0.717) is 5.02 Å². The summed E-state index contributed by atoms with van der Waals surface area (Å²) in [6, 6.07) is 5.65. The lowest BCUT2D eigenvalue weighted by molar-refractivity contribution is 0.939. The van der Waals surface area contributed by atoms with Crippen LogP contribution in [0.3, 0.4) is 0 Å². The Morgan fingerprint density at radius 2 is 1.82 bits per heavy atom. The first-order chi connectivity index (χ1) is 8.24. The van der Waals surface area contributed by atoms with Crippen molar-refractivity contribution in [1.29, 1.82) is 0 Å². The van der Waals surface area contributed by atoms with Crippen molar-refractivity contribution in [3.63, 3.8) is 0 Å². The lowest BCUT2D eigenvalue weighted by Gasteiger charge is -2.18. The van der Waals surface area contributed by atoms with Crippen molar-refractivity contribution in [3.8, 4) is 0 Å². The van der Waals surface area contributed by atoms with E-state index in [1.807, 2.05) is 18.2 Å². The monoisotopic (exact) mass is 267 g/mol. The van der Waals surface area contributed by atoms with Gasteiger partial charge >= 0.3 is 0 Å². The molecular weight excluding hydrogens is 257 g/mol. The van der Waals surface area contributed by atoms with Crippen LogP contribution in [0, 0.1) is 0 Å². The van der Waals surface area contributed by atoms with Gasteiger partial charge in [-0.3, -0.25) is 0 Å². The predicted octanol–water partition coefficient (Wildman–Crippen LogP) is 3.54. The van der Waals surface area contributed by atoms with Gasteiger partial charge < -0.3 is 4.90 Å². The highest BCUT2D eigenvalue weighted by Gasteiger charge is 2.17. The van der Waals surface area contributed by atoms with Gasteiger partial charge in [-0.1, -0.05) is 11.6 Å². The first kappa shape index (κ1) is 11.1. The summed E-state index contributed by atoms with van der Waals surface area (Å²) >= 11 is 11.9. The van der Waals surface area contributed by atoms with Crippen LogP contribution in [-0.4, -0.2) is 23.1 Å². The zero-order valence-electron chi connectivity index (χ0n) is 9.16. The number of nitrogens with zero attached hydrogens (tertiary/aromatic N) is 3. The largest absolute Gasteiger partial charge is 0.356 e. The van der Waals surface area contributed by atoms with Gasteiger partial charge in [0.2, 0.25) is 5.28 Å². The SMILES string of the molecule is Clc1ccc2c(N3CCCC3)nc(Cl)nc2c1. The molecule has 0 N–H and O–H groups in total. The molecule has 0 atom stereocenters. The van der Waals surface area contributed by atoms with Gasteiger partial charge in [-0.25, -0.2) is 4.98 Å². The molecule has 0 radical (unpaired) electrons. The third-order valence-electron chi connectivity index (χ3n) is 3.02. The van der Waals surface area contributed by atoms with Gasteiger partial charge in [-0.2, -0.15) is 4.98 Å². The topological polar surface area (TPSA) is 29.0 Å². The van der Waals surface area contributed by atoms with Crippen molar-refractivity contribution in [2.75, 3.05) is 18.0 Å². The number of rotatable bonds is 1. The van der Waals surface area contributed by atoms with E-state index in [0.717, 1.165) is 29.8 Å². The second kappa shape index (κ2) is 4.31. The molecule has 0 unspecified atom stereocenters. The lowest BCUT2D eigenvalue weighted by atomic mass is 10.2. The number of fused-ring (bicyclic) bond motifs is 1. The van der Waals surface area contributed by atoms with Gasteiger partial charge in [0.05, 0.1) is 5.52 Å². The Labute approximate surface area is 109 Å². The van der Waals surface area contributed by atoms with Gasteiger partial charge in [0.15, 0.2) is 0 Å². The average molecular weight is 268 g/mol. The molecule has 2 aromatic rings. The maximum Gasteiger partial charge on any atom is 0.224 e. The van der Waals surface area contributed by atoms with Crippen molar-refractivity contribution in [3.05, 3.63) is 28.5 Å². The first-order valence-electron chi connectivity index (χ1n) is 5.62. The van der Waals surface area contributed by atoms with E-state index in [2.05, 4.69) is 14.9 Å².